The smallest absolute Gasteiger partial charge is 0.243 e. The molecule has 1 saturated heterocycles. The quantitative estimate of drug-likeness (QED) is 0.624. The number of hydrogen-bond acceptors (Lipinski definition) is 6. The molecule has 30 heavy (non-hydrogen) atoms. The lowest BCUT2D eigenvalue weighted by Gasteiger charge is -2.33. The molecule has 0 saturated carbocycles. The van der Waals surface area contributed by atoms with Crippen molar-refractivity contribution in [1.82, 2.24) is 19.3 Å². The van der Waals surface area contributed by atoms with Gasteiger partial charge in [-0.15, -0.1) is 0 Å². The maximum atomic E-state index is 13.2. The Balaban J connectivity index is 1.41. The number of benzene rings is 2. The maximum absolute atomic E-state index is 13.2. The van der Waals surface area contributed by atoms with Gasteiger partial charge >= 0.3 is 0 Å². The zero-order valence-electron chi connectivity index (χ0n) is 17.5. The lowest BCUT2D eigenvalue weighted by atomic mass is 10.1. The van der Waals surface area contributed by atoms with Gasteiger partial charge in [0.2, 0.25) is 21.7 Å². The second-order valence-electron chi connectivity index (χ2n) is 7.79. The summed E-state index contributed by atoms with van der Waals surface area (Å²) in [5, 5.41) is 4.05. The van der Waals surface area contributed by atoms with Crippen molar-refractivity contribution in [2.24, 2.45) is 0 Å². The minimum atomic E-state index is -3.51. The summed E-state index contributed by atoms with van der Waals surface area (Å²) in [6.45, 7) is 8.33. The standard InChI is InChI=1S/C22H26N4O3S/c1-16-13-17(2)21(18(3)14-16)30(27,28)26-11-9-25(10-12-26)15-20-23-22(24-29-20)19-7-5-4-6-8-19/h4-8,13-14H,9-12,15H2,1-3H3. The summed E-state index contributed by atoms with van der Waals surface area (Å²) in [6.07, 6.45) is 0. The van der Waals surface area contributed by atoms with Crippen LogP contribution in [-0.4, -0.2) is 53.9 Å². The molecule has 0 spiro atoms. The molecule has 3 aromatic rings. The van der Waals surface area contributed by atoms with E-state index in [-0.39, 0.29) is 0 Å². The molecule has 0 atom stereocenters. The number of nitrogens with zero attached hydrogens (tertiary/aromatic N) is 4. The third kappa shape index (κ3) is 4.16. The highest BCUT2D eigenvalue weighted by atomic mass is 32.2. The van der Waals surface area contributed by atoms with Crippen molar-refractivity contribution in [3.8, 4) is 11.4 Å². The molecule has 158 valence electrons. The van der Waals surface area contributed by atoms with E-state index in [1.165, 1.54) is 0 Å². The topological polar surface area (TPSA) is 79.5 Å². The Kier molecular flexibility index (Phi) is 5.73. The van der Waals surface area contributed by atoms with Crippen LogP contribution in [0, 0.1) is 20.8 Å². The highest BCUT2D eigenvalue weighted by Gasteiger charge is 2.31. The largest absolute Gasteiger partial charge is 0.338 e. The van der Waals surface area contributed by atoms with Gasteiger partial charge in [0.15, 0.2) is 0 Å². The van der Waals surface area contributed by atoms with E-state index in [1.54, 1.807) is 4.31 Å². The number of rotatable bonds is 5. The van der Waals surface area contributed by atoms with Crippen LogP contribution in [0.1, 0.15) is 22.6 Å². The SMILES string of the molecule is Cc1cc(C)c(S(=O)(=O)N2CCN(Cc3nc(-c4ccccc4)no3)CC2)c(C)c1. The predicted octanol–water partition coefficient (Wildman–Crippen LogP) is 3.17. The van der Waals surface area contributed by atoms with Crippen LogP contribution in [0.15, 0.2) is 51.9 Å². The number of aryl methyl sites for hydroxylation is 3. The van der Waals surface area contributed by atoms with Crippen LogP contribution in [0.4, 0.5) is 0 Å². The molecule has 2 aromatic carbocycles. The number of aromatic nitrogens is 2. The summed E-state index contributed by atoms with van der Waals surface area (Å²) in [5.74, 6) is 1.10. The summed E-state index contributed by atoms with van der Waals surface area (Å²) in [6, 6.07) is 13.5. The van der Waals surface area contributed by atoms with Crippen LogP contribution in [0.25, 0.3) is 11.4 Å². The molecule has 0 N–H and O–H groups in total. The average Bonchev–Trinajstić information content (AvgIpc) is 3.16. The van der Waals surface area contributed by atoms with Crippen molar-refractivity contribution in [3.05, 3.63) is 65.0 Å². The predicted molar refractivity (Wildman–Crippen MR) is 114 cm³/mol. The first-order valence-electron chi connectivity index (χ1n) is 10.0. The van der Waals surface area contributed by atoms with Gasteiger partial charge in [-0.3, -0.25) is 4.90 Å². The van der Waals surface area contributed by atoms with Crippen molar-refractivity contribution in [1.29, 1.82) is 0 Å². The molecule has 7 nitrogen and oxygen atoms in total. The molecule has 0 aliphatic carbocycles. The van der Waals surface area contributed by atoms with E-state index < -0.39 is 10.0 Å². The summed E-state index contributed by atoms with van der Waals surface area (Å²) in [5.41, 5.74) is 3.58. The first-order valence-corrected chi connectivity index (χ1v) is 11.5. The zero-order chi connectivity index (χ0) is 21.3. The highest BCUT2D eigenvalue weighted by molar-refractivity contribution is 7.89. The van der Waals surface area contributed by atoms with Gasteiger partial charge in [0, 0.05) is 31.7 Å². The van der Waals surface area contributed by atoms with Crippen molar-refractivity contribution in [3.63, 3.8) is 0 Å². The molecule has 0 amide bonds. The first-order chi connectivity index (χ1) is 14.3. The van der Waals surface area contributed by atoms with Gasteiger partial charge in [-0.2, -0.15) is 9.29 Å². The van der Waals surface area contributed by atoms with E-state index in [0.717, 1.165) is 22.3 Å². The van der Waals surface area contributed by atoms with E-state index in [1.807, 2.05) is 63.2 Å². The minimum absolute atomic E-state index is 0.436. The fraction of sp³-hybridized carbons (Fsp3) is 0.364. The van der Waals surface area contributed by atoms with E-state index in [0.29, 0.717) is 49.3 Å². The zero-order valence-corrected chi connectivity index (χ0v) is 18.3. The van der Waals surface area contributed by atoms with Crippen LogP contribution < -0.4 is 0 Å². The Morgan fingerprint density at radius 3 is 2.23 bits per heavy atom. The average molecular weight is 427 g/mol. The monoisotopic (exact) mass is 426 g/mol. The Bertz CT molecular complexity index is 1110. The van der Waals surface area contributed by atoms with E-state index in [9.17, 15) is 8.42 Å². The number of sulfonamides is 1. The van der Waals surface area contributed by atoms with Crippen LogP contribution in [0.2, 0.25) is 0 Å². The Labute approximate surface area is 177 Å². The fourth-order valence-corrected chi connectivity index (χ4v) is 5.88. The molecule has 1 fully saturated rings. The molecule has 8 heteroatoms. The van der Waals surface area contributed by atoms with Gasteiger partial charge in [-0.1, -0.05) is 53.2 Å². The molecular formula is C22H26N4O3S. The van der Waals surface area contributed by atoms with Crippen LogP contribution in [0.5, 0.6) is 0 Å². The third-order valence-corrected chi connectivity index (χ3v) is 7.60. The van der Waals surface area contributed by atoms with Crippen molar-refractivity contribution >= 4 is 10.0 Å². The normalized spacial score (nSPS) is 16.1. The first kappa shape index (κ1) is 20.7. The molecule has 0 bridgehead atoms. The summed E-state index contributed by atoms with van der Waals surface area (Å²) in [7, 11) is -3.51. The molecule has 2 heterocycles. The van der Waals surface area contributed by atoms with Gasteiger partial charge in [-0.25, -0.2) is 8.42 Å². The molecule has 4 rings (SSSR count). The number of piperazine rings is 1. The van der Waals surface area contributed by atoms with Gasteiger partial charge < -0.3 is 4.52 Å². The maximum Gasteiger partial charge on any atom is 0.243 e. The van der Waals surface area contributed by atoms with E-state index in [4.69, 9.17) is 4.52 Å². The van der Waals surface area contributed by atoms with Gasteiger partial charge in [0.1, 0.15) is 0 Å². The Hall–Kier alpha value is -2.55. The molecule has 0 radical (unpaired) electrons. The second-order valence-corrected chi connectivity index (χ2v) is 9.66. The number of hydrogen-bond donors (Lipinski definition) is 0. The summed E-state index contributed by atoms with van der Waals surface area (Å²) < 4.78 is 33.4. The van der Waals surface area contributed by atoms with E-state index in [2.05, 4.69) is 15.0 Å². The van der Waals surface area contributed by atoms with Crippen molar-refractivity contribution < 1.29 is 12.9 Å². The van der Waals surface area contributed by atoms with Crippen LogP contribution in [0.3, 0.4) is 0 Å². The van der Waals surface area contributed by atoms with Crippen LogP contribution in [-0.2, 0) is 16.6 Å². The Morgan fingerprint density at radius 1 is 0.967 bits per heavy atom. The molecule has 1 aromatic heterocycles. The van der Waals surface area contributed by atoms with Gasteiger partial charge in [0.05, 0.1) is 11.4 Å². The fourth-order valence-electron chi connectivity index (χ4n) is 4.05. The van der Waals surface area contributed by atoms with Crippen molar-refractivity contribution in [2.45, 2.75) is 32.2 Å². The Morgan fingerprint density at radius 2 is 1.60 bits per heavy atom. The van der Waals surface area contributed by atoms with Gasteiger partial charge in [0.25, 0.3) is 0 Å². The van der Waals surface area contributed by atoms with E-state index >= 15 is 0 Å². The minimum Gasteiger partial charge on any atom is -0.338 e. The lowest BCUT2D eigenvalue weighted by Crippen LogP contribution is -2.48. The molecule has 1 aliphatic heterocycles. The molecular weight excluding hydrogens is 400 g/mol. The highest BCUT2D eigenvalue weighted by Crippen LogP contribution is 2.26. The second kappa shape index (κ2) is 8.29. The molecule has 1 aliphatic rings. The van der Waals surface area contributed by atoms with Crippen LogP contribution >= 0.6 is 0 Å². The summed E-state index contributed by atoms with van der Waals surface area (Å²) in [4.78, 5) is 7.05. The lowest BCUT2D eigenvalue weighted by molar-refractivity contribution is 0.163. The van der Waals surface area contributed by atoms with Crippen molar-refractivity contribution in [2.75, 3.05) is 26.2 Å². The summed E-state index contributed by atoms with van der Waals surface area (Å²) >= 11 is 0. The third-order valence-electron chi connectivity index (χ3n) is 5.39. The molecule has 0 unspecified atom stereocenters. The van der Waals surface area contributed by atoms with Gasteiger partial charge in [-0.05, 0) is 31.9 Å².